The fourth-order valence-electron chi connectivity index (χ4n) is 3.89. The van der Waals surface area contributed by atoms with Gasteiger partial charge in [0.25, 0.3) is 5.91 Å². The number of anilines is 1. The van der Waals surface area contributed by atoms with Crippen molar-refractivity contribution in [2.24, 2.45) is 5.73 Å². The average Bonchev–Trinajstić information content (AvgIpc) is 3.29. The Kier molecular flexibility index (Phi) is 4.97. The quantitative estimate of drug-likeness (QED) is 0.537. The molecule has 0 spiro atoms. The first-order valence-electron chi connectivity index (χ1n) is 8.89. The Bertz CT molecular complexity index is 916. The Morgan fingerprint density at radius 3 is 2.37 bits per heavy atom. The number of aromatic nitrogens is 1. The van der Waals surface area contributed by atoms with E-state index in [1.807, 2.05) is 0 Å². The Morgan fingerprint density at radius 1 is 1.07 bits per heavy atom. The van der Waals surface area contributed by atoms with Crippen LogP contribution in [-0.2, 0) is 25.7 Å². The summed E-state index contributed by atoms with van der Waals surface area (Å²) in [5.41, 5.74) is 11.6. The molecule has 0 saturated heterocycles. The maximum absolute atomic E-state index is 12.5. The Labute approximate surface area is 166 Å². The summed E-state index contributed by atoms with van der Waals surface area (Å²) < 4.78 is 2.72. The van der Waals surface area contributed by atoms with Crippen LogP contribution in [0, 0.1) is 0 Å². The highest BCUT2D eigenvalue weighted by Gasteiger charge is 2.25. The van der Waals surface area contributed by atoms with Crippen molar-refractivity contribution in [3.8, 4) is 0 Å². The van der Waals surface area contributed by atoms with E-state index in [1.54, 1.807) is 12.1 Å². The minimum Gasteiger partial charge on any atom is -0.364 e. The molecule has 0 fully saturated rings. The van der Waals surface area contributed by atoms with E-state index in [9.17, 15) is 9.59 Å². The number of nitrogens with zero attached hydrogens (tertiary/aromatic N) is 1. The van der Waals surface area contributed by atoms with Gasteiger partial charge in [-0.2, -0.15) is 0 Å². The van der Waals surface area contributed by atoms with Crippen molar-refractivity contribution in [3.63, 3.8) is 0 Å². The number of benzene rings is 1. The van der Waals surface area contributed by atoms with Gasteiger partial charge in [-0.1, -0.05) is 17.7 Å². The number of carbonyl (C=O) groups excluding carboxylic acids is 2. The van der Waals surface area contributed by atoms with Gasteiger partial charge >= 0.3 is 6.03 Å². The van der Waals surface area contributed by atoms with Crippen molar-refractivity contribution < 1.29 is 9.59 Å². The molecule has 8 heteroatoms. The predicted octanol–water partition coefficient (Wildman–Crippen LogP) is 3.64. The van der Waals surface area contributed by atoms with E-state index in [0.29, 0.717) is 4.90 Å². The third kappa shape index (κ3) is 3.61. The molecule has 4 rings (SSSR count). The minimum atomic E-state index is -0.694. The van der Waals surface area contributed by atoms with Gasteiger partial charge in [-0.05, 0) is 84.9 Å². The van der Waals surface area contributed by atoms with Gasteiger partial charge in [-0.3, -0.25) is 9.52 Å². The lowest BCUT2D eigenvalue weighted by molar-refractivity contribution is 0.0992. The van der Waals surface area contributed by atoms with Crippen LogP contribution in [0.25, 0.3) is 0 Å². The first kappa shape index (κ1) is 18.1. The van der Waals surface area contributed by atoms with Crippen molar-refractivity contribution in [3.05, 3.63) is 51.3 Å². The molecule has 0 atom stereocenters. The fourth-order valence-corrected chi connectivity index (χ4v) is 4.67. The molecule has 2 aliphatic rings. The number of urea groups is 1. The number of nitrogens with two attached hydrogens (primary N) is 1. The first-order chi connectivity index (χ1) is 13.0. The molecule has 0 unspecified atom stereocenters. The molecule has 4 N–H and O–H groups in total. The molecule has 2 aliphatic carbocycles. The first-order valence-corrected chi connectivity index (χ1v) is 10.1. The number of aryl methyl sites for hydroxylation is 2. The van der Waals surface area contributed by atoms with E-state index in [1.165, 1.54) is 22.3 Å². The summed E-state index contributed by atoms with van der Waals surface area (Å²) in [6.07, 6.45) is 6.40. The SMILES string of the molecule is NC(=O)c1nc(Cl)ccc1SNC(=O)Nc1c2c(cc3c1CCC3)CCC2. The van der Waals surface area contributed by atoms with Crippen molar-refractivity contribution in [1.29, 1.82) is 0 Å². The number of rotatable bonds is 4. The van der Waals surface area contributed by atoms with E-state index >= 15 is 0 Å². The third-order valence-electron chi connectivity index (χ3n) is 5.02. The molecule has 27 heavy (non-hydrogen) atoms. The molecular weight excluding hydrogens is 384 g/mol. The number of pyridine rings is 1. The molecule has 0 saturated carbocycles. The Morgan fingerprint density at radius 2 is 1.74 bits per heavy atom. The standard InChI is InChI=1S/C19H19ClN4O2S/c20-15-8-7-14(17(22-15)18(21)25)27-24-19(26)23-16-12-5-1-3-10(12)9-11-4-2-6-13(11)16/h7-9H,1-6H2,(H2,21,25)(H2,23,24,26). The summed E-state index contributed by atoms with van der Waals surface area (Å²) in [6, 6.07) is 5.14. The van der Waals surface area contributed by atoms with E-state index in [0.717, 1.165) is 56.2 Å². The lowest BCUT2D eigenvalue weighted by Gasteiger charge is -2.16. The van der Waals surface area contributed by atoms with Gasteiger partial charge in [-0.15, -0.1) is 0 Å². The van der Waals surface area contributed by atoms with Gasteiger partial charge in [0, 0.05) is 5.69 Å². The fraction of sp³-hybridized carbons (Fsp3) is 0.316. The van der Waals surface area contributed by atoms with Crippen molar-refractivity contribution in [1.82, 2.24) is 9.71 Å². The maximum atomic E-state index is 12.5. The molecular formula is C19H19ClN4O2S. The van der Waals surface area contributed by atoms with Gasteiger partial charge < -0.3 is 11.1 Å². The molecule has 0 bridgehead atoms. The van der Waals surface area contributed by atoms with Crippen LogP contribution < -0.4 is 15.8 Å². The highest BCUT2D eigenvalue weighted by Crippen LogP contribution is 2.38. The number of carbonyl (C=O) groups is 2. The molecule has 1 heterocycles. The van der Waals surface area contributed by atoms with E-state index < -0.39 is 5.91 Å². The van der Waals surface area contributed by atoms with Crippen LogP contribution in [0.4, 0.5) is 10.5 Å². The number of fused-ring (bicyclic) bond motifs is 2. The van der Waals surface area contributed by atoms with Gasteiger partial charge in [0.15, 0.2) is 0 Å². The average molecular weight is 403 g/mol. The molecule has 1 aromatic carbocycles. The minimum absolute atomic E-state index is 0.0364. The van der Waals surface area contributed by atoms with Crippen LogP contribution in [0.1, 0.15) is 45.6 Å². The predicted molar refractivity (Wildman–Crippen MR) is 106 cm³/mol. The van der Waals surface area contributed by atoms with E-state index in [-0.39, 0.29) is 16.9 Å². The number of hydrogen-bond donors (Lipinski definition) is 3. The van der Waals surface area contributed by atoms with Crippen LogP contribution in [-0.4, -0.2) is 16.9 Å². The summed E-state index contributed by atoms with van der Waals surface area (Å²) >= 11 is 6.81. The highest BCUT2D eigenvalue weighted by molar-refractivity contribution is 7.98. The van der Waals surface area contributed by atoms with Crippen LogP contribution in [0.15, 0.2) is 23.1 Å². The topological polar surface area (TPSA) is 97.1 Å². The number of primary amides is 1. The summed E-state index contributed by atoms with van der Waals surface area (Å²) in [7, 11) is 0. The van der Waals surface area contributed by atoms with E-state index in [2.05, 4.69) is 21.1 Å². The highest BCUT2D eigenvalue weighted by atomic mass is 35.5. The normalized spacial score (nSPS) is 14.6. The maximum Gasteiger partial charge on any atom is 0.329 e. The lowest BCUT2D eigenvalue weighted by Crippen LogP contribution is -2.25. The third-order valence-corrected chi connectivity index (χ3v) is 6.07. The molecule has 0 aliphatic heterocycles. The molecule has 2 aromatic rings. The van der Waals surface area contributed by atoms with E-state index in [4.69, 9.17) is 17.3 Å². The zero-order valence-electron chi connectivity index (χ0n) is 14.6. The van der Waals surface area contributed by atoms with Gasteiger partial charge in [0.1, 0.15) is 10.8 Å². The van der Waals surface area contributed by atoms with Crippen LogP contribution >= 0.6 is 23.5 Å². The summed E-state index contributed by atoms with van der Waals surface area (Å²) in [6.45, 7) is 0. The number of nitrogens with one attached hydrogen (secondary N) is 2. The lowest BCUT2D eigenvalue weighted by atomic mass is 9.99. The summed E-state index contributed by atoms with van der Waals surface area (Å²) in [5, 5.41) is 3.21. The molecule has 1 aromatic heterocycles. The van der Waals surface area contributed by atoms with Crippen molar-refractivity contribution in [2.75, 3.05) is 5.32 Å². The Hall–Kier alpha value is -2.25. The van der Waals surface area contributed by atoms with Crippen LogP contribution in [0.2, 0.25) is 5.15 Å². The molecule has 0 radical (unpaired) electrons. The second kappa shape index (κ2) is 7.40. The monoisotopic (exact) mass is 402 g/mol. The van der Waals surface area contributed by atoms with Crippen LogP contribution in [0.3, 0.4) is 0 Å². The second-order valence-electron chi connectivity index (χ2n) is 6.74. The zero-order chi connectivity index (χ0) is 19.0. The molecule has 140 valence electrons. The van der Waals surface area contributed by atoms with Crippen LogP contribution in [0.5, 0.6) is 0 Å². The largest absolute Gasteiger partial charge is 0.364 e. The van der Waals surface area contributed by atoms with Gasteiger partial charge in [-0.25, -0.2) is 9.78 Å². The van der Waals surface area contributed by atoms with Gasteiger partial charge in [0.2, 0.25) is 0 Å². The number of halogens is 1. The molecule has 6 nitrogen and oxygen atoms in total. The summed E-state index contributed by atoms with van der Waals surface area (Å²) in [5.74, 6) is -0.694. The molecule has 3 amide bonds. The zero-order valence-corrected chi connectivity index (χ0v) is 16.2. The Balaban J connectivity index is 1.51. The smallest absolute Gasteiger partial charge is 0.329 e. The number of hydrogen-bond acceptors (Lipinski definition) is 4. The summed E-state index contributed by atoms with van der Waals surface area (Å²) in [4.78, 5) is 28.4. The van der Waals surface area contributed by atoms with Crippen molar-refractivity contribution in [2.45, 2.75) is 43.4 Å². The number of amides is 3. The second-order valence-corrected chi connectivity index (χ2v) is 7.97. The van der Waals surface area contributed by atoms with Crippen molar-refractivity contribution >= 4 is 41.2 Å². The van der Waals surface area contributed by atoms with Gasteiger partial charge in [0.05, 0.1) is 4.90 Å².